The lowest BCUT2D eigenvalue weighted by Gasteiger charge is -2.14. The van der Waals surface area contributed by atoms with Crippen molar-refractivity contribution in [1.82, 2.24) is 9.72 Å². The van der Waals surface area contributed by atoms with Crippen LogP contribution in [0.15, 0.2) is 27.5 Å². The first-order valence-corrected chi connectivity index (χ1v) is 8.43. The topological polar surface area (TPSA) is 74.3 Å². The number of aromatic nitrogens is 2. The van der Waals surface area contributed by atoms with E-state index in [1.807, 2.05) is 22.6 Å². The van der Waals surface area contributed by atoms with Crippen LogP contribution >= 0.6 is 22.6 Å². The van der Waals surface area contributed by atoms with Gasteiger partial charge in [0.25, 0.3) is 5.56 Å². The Bertz CT molecular complexity index is 1050. The summed E-state index contributed by atoms with van der Waals surface area (Å²) in [5.74, 6) is -1.08. The highest BCUT2D eigenvalue weighted by Gasteiger charge is 2.26. The van der Waals surface area contributed by atoms with E-state index in [4.69, 9.17) is 9.26 Å². The van der Waals surface area contributed by atoms with Gasteiger partial charge in [0.15, 0.2) is 5.58 Å². The number of methoxy groups -OCH3 is 1. The summed E-state index contributed by atoms with van der Waals surface area (Å²) in [6.07, 6.45) is 0.0363. The van der Waals surface area contributed by atoms with Crippen molar-refractivity contribution in [2.24, 2.45) is 7.05 Å². The number of hydrogen-bond donors (Lipinski definition) is 0. The van der Waals surface area contributed by atoms with Gasteiger partial charge in [0, 0.05) is 22.7 Å². The highest BCUT2D eigenvalue weighted by molar-refractivity contribution is 14.1. The molecule has 0 amide bonds. The van der Waals surface area contributed by atoms with Gasteiger partial charge in [-0.05, 0) is 47.2 Å². The van der Waals surface area contributed by atoms with Crippen LogP contribution in [-0.4, -0.2) is 22.8 Å². The van der Waals surface area contributed by atoms with Gasteiger partial charge < -0.3 is 13.8 Å². The molecule has 0 aliphatic rings. The van der Waals surface area contributed by atoms with Crippen LogP contribution in [0.2, 0.25) is 0 Å². The third-order valence-electron chi connectivity index (χ3n) is 4.06. The molecular formula is C17H14FIN2O4. The number of carbonyl (C=O) groups is 1. The molecule has 0 bridgehead atoms. The first kappa shape index (κ1) is 17.6. The van der Waals surface area contributed by atoms with Gasteiger partial charge in [-0.25, -0.2) is 9.18 Å². The second-order valence-electron chi connectivity index (χ2n) is 5.56. The first-order valence-electron chi connectivity index (χ1n) is 7.35. The van der Waals surface area contributed by atoms with Crippen LogP contribution in [-0.2, 0) is 18.2 Å². The minimum absolute atomic E-state index is 0.0363. The molecule has 0 unspecified atom stereocenters. The van der Waals surface area contributed by atoms with Gasteiger partial charge in [-0.3, -0.25) is 4.79 Å². The van der Waals surface area contributed by atoms with E-state index in [2.05, 4.69) is 5.16 Å². The normalized spacial score (nSPS) is 11.1. The third kappa shape index (κ3) is 2.94. The van der Waals surface area contributed by atoms with Crippen molar-refractivity contribution in [1.29, 1.82) is 0 Å². The van der Waals surface area contributed by atoms with Gasteiger partial charge in [-0.1, -0.05) is 11.2 Å². The Morgan fingerprint density at radius 3 is 2.80 bits per heavy atom. The van der Waals surface area contributed by atoms with Crippen LogP contribution < -0.4 is 5.56 Å². The Morgan fingerprint density at radius 2 is 2.16 bits per heavy atom. The summed E-state index contributed by atoms with van der Waals surface area (Å²) in [4.78, 5) is 25.0. The number of nitrogens with zero attached hydrogens (tertiary/aromatic N) is 2. The number of pyridine rings is 1. The van der Waals surface area contributed by atoms with Gasteiger partial charge in [0.1, 0.15) is 16.8 Å². The Labute approximate surface area is 155 Å². The van der Waals surface area contributed by atoms with Crippen LogP contribution in [0, 0.1) is 16.3 Å². The average Bonchev–Trinajstić information content (AvgIpc) is 2.95. The van der Waals surface area contributed by atoms with E-state index in [1.54, 1.807) is 19.1 Å². The molecule has 0 saturated carbocycles. The molecule has 0 atom stereocenters. The van der Waals surface area contributed by atoms with Crippen LogP contribution in [0.25, 0.3) is 11.0 Å². The number of aryl methyl sites for hydroxylation is 1. The lowest BCUT2D eigenvalue weighted by atomic mass is 10.0. The number of halogens is 2. The number of carbonyl (C=O) groups excluding carboxylic acids is 1. The second kappa shape index (κ2) is 6.58. The number of esters is 1. The maximum Gasteiger partial charge on any atom is 0.343 e. The molecule has 0 fully saturated rings. The largest absolute Gasteiger partial charge is 0.465 e. The monoisotopic (exact) mass is 456 g/mol. The third-order valence-corrected chi connectivity index (χ3v) is 4.74. The van der Waals surface area contributed by atoms with E-state index in [0.717, 1.165) is 3.57 Å². The van der Waals surface area contributed by atoms with Crippen LogP contribution in [0.1, 0.15) is 27.3 Å². The van der Waals surface area contributed by atoms with E-state index >= 15 is 0 Å². The smallest absolute Gasteiger partial charge is 0.343 e. The molecular weight excluding hydrogens is 442 g/mol. The van der Waals surface area contributed by atoms with Crippen molar-refractivity contribution >= 4 is 39.5 Å². The SMILES string of the molecule is COC(=O)c1c(Cc2ccc(I)cc2F)n(C)c(=O)c2c(C)noc12. The molecule has 1 aromatic carbocycles. The van der Waals surface area contributed by atoms with Crippen molar-refractivity contribution in [3.8, 4) is 0 Å². The minimum Gasteiger partial charge on any atom is -0.465 e. The molecule has 8 heteroatoms. The molecule has 3 aromatic rings. The van der Waals surface area contributed by atoms with E-state index < -0.39 is 11.8 Å². The Kier molecular flexibility index (Phi) is 4.63. The Hall–Kier alpha value is -2.23. The van der Waals surface area contributed by atoms with Crippen molar-refractivity contribution in [2.45, 2.75) is 13.3 Å². The maximum absolute atomic E-state index is 14.3. The molecule has 0 radical (unpaired) electrons. The molecule has 6 nitrogen and oxygen atoms in total. The van der Waals surface area contributed by atoms with Crippen molar-refractivity contribution in [3.05, 3.63) is 60.5 Å². The zero-order valence-electron chi connectivity index (χ0n) is 13.7. The summed E-state index contributed by atoms with van der Waals surface area (Å²) in [5.41, 5.74) is 0.832. The quantitative estimate of drug-likeness (QED) is 0.448. The van der Waals surface area contributed by atoms with E-state index in [0.29, 0.717) is 17.0 Å². The van der Waals surface area contributed by atoms with Crippen molar-refractivity contribution < 1.29 is 18.4 Å². The highest BCUT2D eigenvalue weighted by Crippen LogP contribution is 2.25. The maximum atomic E-state index is 14.3. The standard InChI is InChI=1S/C17H14FIN2O4/c1-8-13-15(25-20-8)14(17(23)24-3)12(21(2)16(13)22)6-9-4-5-10(19)7-11(9)18/h4-5,7H,6H2,1-3H3. The first-order chi connectivity index (χ1) is 11.8. The molecule has 25 heavy (non-hydrogen) atoms. The molecule has 0 N–H and O–H groups in total. The zero-order chi connectivity index (χ0) is 18.3. The van der Waals surface area contributed by atoms with E-state index in [-0.39, 0.29) is 28.5 Å². The fourth-order valence-corrected chi connectivity index (χ4v) is 3.20. The lowest BCUT2D eigenvalue weighted by molar-refractivity contribution is 0.0599. The molecule has 130 valence electrons. The summed E-state index contributed by atoms with van der Waals surface area (Å²) in [5, 5.41) is 4.00. The summed E-state index contributed by atoms with van der Waals surface area (Å²) in [6.45, 7) is 1.62. The highest BCUT2D eigenvalue weighted by atomic mass is 127. The molecule has 2 aromatic heterocycles. The molecule has 0 spiro atoms. The number of rotatable bonds is 3. The van der Waals surface area contributed by atoms with Gasteiger partial charge in [0.2, 0.25) is 0 Å². The van der Waals surface area contributed by atoms with E-state index in [9.17, 15) is 14.0 Å². The lowest BCUT2D eigenvalue weighted by Crippen LogP contribution is -2.25. The second-order valence-corrected chi connectivity index (χ2v) is 6.81. The van der Waals surface area contributed by atoms with Gasteiger partial charge in [0.05, 0.1) is 12.8 Å². The predicted octanol–water partition coefficient (Wildman–Crippen LogP) is 2.96. The number of fused-ring (bicyclic) bond motifs is 1. The van der Waals surface area contributed by atoms with Gasteiger partial charge >= 0.3 is 5.97 Å². The zero-order valence-corrected chi connectivity index (χ0v) is 15.9. The van der Waals surface area contributed by atoms with Crippen LogP contribution in [0.5, 0.6) is 0 Å². The summed E-state index contributed by atoms with van der Waals surface area (Å²) in [7, 11) is 2.76. The summed E-state index contributed by atoms with van der Waals surface area (Å²) >= 11 is 2.01. The minimum atomic E-state index is -0.669. The van der Waals surface area contributed by atoms with Crippen LogP contribution in [0.3, 0.4) is 0 Å². The Balaban J connectivity index is 2.31. The van der Waals surface area contributed by atoms with Gasteiger partial charge in [-0.2, -0.15) is 0 Å². The van der Waals surface area contributed by atoms with Gasteiger partial charge in [-0.15, -0.1) is 0 Å². The molecule has 0 aliphatic carbocycles. The molecule has 2 heterocycles. The van der Waals surface area contributed by atoms with E-state index in [1.165, 1.54) is 24.8 Å². The van der Waals surface area contributed by atoms with Crippen LogP contribution in [0.4, 0.5) is 4.39 Å². The molecule has 0 saturated heterocycles. The summed E-state index contributed by atoms with van der Waals surface area (Å²) < 4.78 is 26.4. The molecule has 3 rings (SSSR count). The molecule has 0 aliphatic heterocycles. The number of hydrogen-bond acceptors (Lipinski definition) is 5. The average molecular weight is 456 g/mol. The van der Waals surface area contributed by atoms with Crippen molar-refractivity contribution in [2.75, 3.05) is 7.11 Å². The fourth-order valence-electron chi connectivity index (χ4n) is 2.75. The Morgan fingerprint density at radius 1 is 1.44 bits per heavy atom. The fraction of sp³-hybridized carbons (Fsp3) is 0.235. The summed E-state index contributed by atoms with van der Waals surface area (Å²) in [6, 6.07) is 4.77. The number of ether oxygens (including phenoxy) is 1. The predicted molar refractivity (Wildman–Crippen MR) is 97.2 cm³/mol. The van der Waals surface area contributed by atoms with Crippen molar-refractivity contribution in [3.63, 3.8) is 0 Å². The number of benzene rings is 1.